The van der Waals surface area contributed by atoms with Gasteiger partial charge in [-0.05, 0) is 115 Å². The molecule has 4 aliphatic carbocycles. The van der Waals surface area contributed by atoms with Crippen LogP contribution >= 0.6 is 0 Å². The lowest BCUT2D eigenvalue weighted by atomic mass is 9.41. The molecular formula is C33H48O4. The van der Waals surface area contributed by atoms with E-state index in [0.717, 1.165) is 37.7 Å². The first-order valence-corrected chi connectivity index (χ1v) is 15.0. The summed E-state index contributed by atoms with van der Waals surface area (Å²) in [6, 6.07) is 7.23. The lowest BCUT2D eigenvalue weighted by molar-refractivity contribution is -0.203. The molecule has 204 valence electrons. The lowest BCUT2D eigenvalue weighted by Crippen LogP contribution is -2.62. The van der Waals surface area contributed by atoms with Crippen LogP contribution in [0.15, 0.2) is 30.3 Å². The minimum atomic E-state index is -0.879. The van der Waals surface area contributed by atoms with Gasteiger partial charge in [0.1, 0.15) is 0 Å². The highest BCUT2D eigenvalue weighted by Gasteiger charge is 2.64. The van der Waals surface area contributed by atoms with Crippen molar-refractivity contribution in [3.05, 3.63) is 41.5 Å². The van der Waals surface area contributed by atoms with Gasteiger partial charge in [0.05, 0.1) is 17.8 Å². The molecule has 3 N–H and O–H groups in total. The van der Waals surface area contributed by atoms with Gasteiger partial charge in [0.15, 0.2) is 0 Å². The Balaban J connectivity index is 1.34. The zero-order valence-corrected chi connectivity index (χ0v) is 23.3. The van der Waals surface area contributed by atoms with Crippen LogP contribution in [-0.2, 0) is 0 Å². The third-order valence-electron chi connectivity index (χ3n) is 12.1. The molecule has 0 heterocycles. The van der Waals surface area contributed by atoms with Crippen LogP contribution in [0.2, 0.25) is 0 Å². The number of carboxylic acid groups (broad SMARTS) is 1. The van der Waals surface area contributed by atoms with E-state index in [1.165, 1.54) is 25.7 Å². The van der Waals surface area contributed by atoms with Gasteiger partial charge in [-0.15, -0.1) is 0 Å². The quantitative estimate of drug-likeness (QED) is 0.385. The molecular weight excluding hydrogens is 460 g/mol. The molecule has 4 heteroatoms. The molecule has 4 fully saturated rings. The number of fused-ring (bicyclic) bond motifs is 5. The maximum atomic E-state index is 11.9. The van der Waals surface area contributed by atoms with Crippen LogP contribution < -0.4 is 0 Å². The number of benzene rings is 1. The molecule has 0 radical (unpaired) electrons. The Morgan fingerprint density at radius 1 is 1.03 bits per heavy atom. The molecule has 4 saturated carbocycles. The molecule has 1 aromatic rings. The van der Waals surface area contributed by atoms with Crippen molar-refractivity contribution in [2.75, 3.05) is 0 Å². The van der Waals surface area contributed by atoms with E-state index >= 15 is 0 Å². The van der Waals surface area contributed by atoms with E-state index in [9.17, 15) is 20.1 Å². The predicted molar refractivity (Wildman–Crippen MR) is 148 cm³/mol. The lowest BCUT2D eigenvalue weighted by Gasteiger charge is -2.64. The number of hydrogen-bond acceptors (Lipinski definition) is 3. The van der Waals surface area contributed by atoms with E-state index in [-0.39, 0.29) is 23.0 Å². The molecule has 0 aliphatic heterocycles. The van der Waals surface area contributed by atoms with Crippen LogP contribution in [0, 0.1) is 52.3 Å². The molecule has 37 heavy (non-hydrogen) atoms. The van der Waals surface area contributed by atoms with Crippen molar-refractivity contribution >= 4 is 12.0 Å². The summed E-state index contributed by atoms with van der Waals surface area (Å²) in [6.07, 6.45) is 13.5. The SMILES string of the molecule is CC[C@H]1[C@@H](O)C2C3CCC([C@H](C)C/C=C/c4ccccc4C(=O)O)[C@@]3(C)CCC2[C@@]2(C)CC[C@@H](O)C[C@@H]12. The van der Waals surface area contributed by atoms with Gasteiger partial charge in [-0.3, -0.25) is 0 Å². The van der Waals surface area contributed by atoms with Gasteiger partial charge in [-0.2, -0.15) is 0 Å². The van der Waals surface area contributed by atoms with Gasteiger partial charge in [-0.1, -0.05) is 64.5 Å². The summed E-state index contributed by atoms with van der Waals surface area (Å²) < 4.78 is 0. The van der Waals surface area contributed by atoms with Gasteiger partial charge >= 0.3 is 5.97 Å². The minimum Gasteiger partial charge on any atom is -0.478 e. The van der Waals surface area contributed by atoms with Crippen molar-refractivity contribution in [3.63, 3.8) is 0 Å². The van der Waals surface area contributed by atoms with E-state index in [1.54, 1.807) is 12.1 Å². The zero-order valence-electron chi connectivity index (χ0n) is 23.3. The van der Waals surface area contributed by atoms with Gasteiger partial charge < -0.3 is 15.3 Å². The van der Waals surface area contributed by atoms with Crippen LogP contribution in [0.4, 0.5) is 0 Å². The van der Waals surface area contributed by atoms with Gasteiger partial charge in [-0.25, -0.2) is 4.79 Å². The van der Waals surface area contributed by atoms with Gasteiger partial charge in [0.2, 0.25) is 0 Å². The fourth-order valence-electron chi connectivity index (χ4n) is 10.3. The number of carbonyl (C=O) groups is 1. The number of allylic oxidation sites excluding steroid dienone is 1. The van der Waals surface area contributed by atoms with Crippen molar-refractivity contribution < 1.29 is 20.1 Å². The van der Waals surface area contributed by atoms with E-state index in [4.69, 9.17) is 0 Å². The van der Waals surface area contributed by atoms with Crippen LogP contribution in [0.25, 0.3) is 6.08 Å². The van der Waals surface area contributed by atoms with Crippen LogP contribution in [0.3, 0.4) is 0 Å². The first-order valence-electron chi connectivity index (χ1n) is 15.0. The normalized spacial score (nSPS) is 44.2. The van der Waals surface area contributed by atoms with Crippen LogP contribution in [0.1, 0.15) is 101 Å². The predicted octanol–water partition coefficient (Wildman–Crippen LogP) is 7.05. The molecule has 4 unspecified atom stereocenters. The van der Waals surface area contributed by atoms with Crippen molar-refractivity contribution in [1.29, 1.82) is 0 Å². The molecule has 0 saturated heterocycles. The molecule has 4 aliphatic rings. The molecule has 0 amide bonds. The Kier molecular flexibility index (Phi) is 7.39. The molecule has 4 nitrogen and oxygen atoms in total. The molecule has 11 atom stereocenters. The number of aliphatic hydroxyl groups excluding tert-OH is 2. The molecule has 1 aromatic carbocycles. The monoisotopic (exact) mass is 508 g/mol. The van der Waals surface area contributed by atoms with Crippen LogP contribution in [0.5, 0.6) is 0 Å². The second-order valence-corrected chi connectivity index (χ2v) is 13.6. The average molecular weight is 509 g/mol. The first kappa shape index (κ1) is 26.9. The minimum absolute atomic E-state index is 0.197. The Hall–Kier alpha value is -1.65. The third-order valence-corrected chi connectivity index (χ3v) is 12.1. The Labute approximate surface area is 223 Å². The number of hydrogen-bond donors (Lipinski definition) is 3. The number of aliphatic hydroxyl groups is 2. The maximum Gasteiger partial charge on any atom is 0.336 e. The molecule has 0 spiro atoms. The Bertz CT molecular complexity index is 1020. The maximum absolute atomic E-state index is 11.9. The van der Waals surface area contributed by atoms with Crippen LogP contribution in [-0.4, -0.2) is 33.5 Å². The Morgan fingerprint density at radius 2 is 1.73 bits per heavy atom. The highest BCUT2D eigenvalue weighted by atomic mass is 16.4. The van der Waals surface area contributed by atoms with E-state index in [2.05, 4.69) is 33.8 Å². The van der Waals surface area contributed by atoms with Crippen molar-refractivity contribution in [2.45, 2.75) is 97.7 Å². The summed E-state index contributed by atoms with van der Waals surface area (Å²) >= 11 is 0. The summed E-state index contributed by atoms with van der Waals surface area (Å²) in [7, 11) is 0. The topological polar surface area (TPSA) is 77.8 Å². The Morgan fingerprint density at radius 3 is 2.46 bits per heavy atom. The first-order chi connectivity index (χ1) is 17.6. The van der Waals surface area contributed by atoms with E-state index < -0.39 is 5.97 Å². The van der Waals surface area contributed by atoms with E-state index in [1.807, 2.05) is 18.2 Å². The average Bonchev–Trinajstić information content (AvgIpc) is 3.22. The standard InChI is InChI=1S/C33H48O4/c1-5-23-28-19-22(34)15-17-33(28,4)27-16-18-32(3)25(13-14-26(32)29(27)30(23)35)20(2)9-8-11-21-10-6-7-12-24(21)31(36)37/h6-8,10-12,20,22-23,25-30,34-35H,5,9,13-19H2,1-4H3,(H,36,37)/b11-8+/t20-,22-,23-,25?,26?,27?,28+,29?,30-,32-,33-/m1/s1. The summed E-state index contributed by atoms with van der Waals surface area (Å²) in [6.45, 7) is 9.65. The highest BCUT2D eigenvalue weighted by Crippen LogP contribution is 2.69. The fourth-order valence-corrected chi connectivity index (χ4v) is 10.3. The smallest absolute Gasteiger partial charge is 0.336 e. The molecule has 5 rings (SSSR count). The zero-order chi connectivity index (χ0) is 26.5. The summed E-state index contributed by atoms with van der Waals surface area (Å²) in [5.41, 5.74) is 1.63. The number of aromatic carboxylic acids is 1. The summed E-state index contributed by atoms with van der Waals surface area (Å²) in [4.78, 5) is 11.6. The van der Waals surface area contributed by atoms with Crippen molar-refractivity contribution in [1.82, 2.24) is 0 Å². The van der Waals surface area contributed by atoms with E-state index in [0.29, 0.717) is 47.0 Å². The largest absolute Gasteiger partial charge is 0.478 e. The summed E-state index contributed by atoms with van der Waals surface area (Å²) in [5, 5.41) is 31.9. The molecule has 0 aromatic heterocycles. The summed E-state index contributed by atoms with van der Waals surface area (Å²) in [5.74, 6) is 2.55. The number of rotatable bonds is 6. The fraction of sp³-hybridized carbons (Fsp3) is 0.727. The second kappa shape index (κ2) is 10.2. The highest BCUT2D eigenvalue weighted by molar-refractivity contribution is 5.92. The van der Waals surface area contributed by atoms with Gasteiger partial charge in [0.25, 0.3) is 0 Å². The molecule has 0 bridgehead atoms. The number of carboxylic acids is 1. The third kappa shape index (κ3) is 4.40. The van der Waals surface area contributed by atoms with Crippen molar-refractivity contribution in [3.8, 4) is 0 Å². The van der Waals surface area contributed by atoms with Crippen molar-refractivity contribution in [2.24, 2.45) is 52.3 Å². The second-order valence-electron chi connectivity index (χ2n) is 13.6. The van der Waals surface area contributed by atoms with Gasteiger partial charge in [0, 0.05) is 0 Å².